The third-order valence-corrected chi connectivity index (χ3v) is 2.38. The Morgan fingerprint density at radius 3 is 2.69 bits per heavy atom. The molecule has 1 aromatic carbocycles. The second kappa shape index (κ2) is 2.55. The molecule has 2 aromatic rings. The fourth-order valence-electron chi connectivity index (χ4n) is 1.71. The standard InChI is InChI=1S/C10H11FN2/c1-6-9(11)5-4-8-7(2)12-13(3)10(6)8/h4-5H,1-3H3. The Balaban J connectivity index is 2.98. The van der Waals surface area contributed by atoms with Gasteiger partial charge in [-0.2, -0.15) is 5.10 Å². The third kappa shape index (κ3) is 1.03. The normalized spacial score (nSPS) is 11.1. The lowest BCUT2D eigenvalue weighted by molar-refractivity contribution is 0.619. The average Bonchev–Trinajstić information content (AvgIpc) is 2.35. The van der Waals surface area contributed by atoms with E-state index >= 15 is 0 Å². The van der Waals surface area contributed by atoms with Crippen molar-refractivity contribution in [3.63, 3.8) is 0 Å². The van der Waals surface area contributed by atoms with Crippen molar-refractivity contribution in [2.24, 2.45) is 7.05 Å². The minimum atomic E-state index is -0.171. The van der Waals surface area contributed by atoms with Gasteiger partial charge in [-0.25, -0.2) is 4.39 Å². The van der Waals surface area contributed by atoms with Gasteiger partial charge in [-0.15, -0.1) is 0 Å². The number of aromatic nitrogens is 2. The summed E-state index contributed by atoms with van der Waals surface area (Å²) in [6, 6.07) is 3.27. The van der Waals surface area contributed by atoms with Crippen LogP contribution in [0.2, 0.25) is 0 Å². The van der Waals surface area contributed by atoms with E-state index in [1.54, 1.807) is 17.7 Å². The summed E-state index contributed by atoms with van der Waals surface area (Å²) in [5.74, 6) is -0.171. The van der Waals surface area contributed by atoms with Gasteiger partial charge in [0.25, 0.3) is 0 Å². The Bertz CT molecular complexity index is 471. The van der Waals surface area contributed by atoms with Gasteiger partial charge >= 0.3 is 0 Å². The number of rotatable bonds is 0. The van der Waals surface area contributed by atoms with Gasteiger partial charge in [0.2, 0.25) is 0 Å². The van der Waals surface area contributed by atoms with Crippen LogP contribution >= 0.6 is 0 Å². The molecule has 0 atom stereocenters. The van der Waals surface area contributed by atoms with Crippen LogP contribution in [0.15, 0.2) is 12.1 Å². The van der Waals surface area contributed by atoms with Gasteiger partial charge in [0.1, 0.15) is 5.82 Å². The van der Waals surface area contributed by atoms with Crippen molar-refractivity contribution in [3.8, 4) is 0 Å². The first-order chi connectivity index (χ1) is 6.11. The first-order valence-corrected chi connectivity index (χ1v) is 4.19. The molecule has 0 saturated carbocycles. The molecule has 3 heteroatoms. The van der Waals surface area contributed by atoms with Gasteiger partial charge in [0.15, 0.2) is 0 Å². The molecule has 0 saturated heterocycles. The molecule has 0 aliphatic heterocycles. The topological polar surface area (TPSA) is 17.8 Å². The molecule has 68 valence electrons. The molecule has 13 heavy (non-hydrogen) atoms. The number of hydrogen-bond acceptors (Lipinski definition) is 1. The summed E-state index contributed by atoms with van der Waals surface area (Å²) in [6.07, 6.45) is 0. The van der Waals surface area contributed by atoms with Gasteiger partial charge in [0.05, 0.1) is 11.2 Å². The smallest absolute Gasteiger partial charge is 0.128 e. The molecule has 0 fully saturated rings. The summed E-state index contributed by atoms with van der Waals surface area (Å²) in [5.41, 5.74) is 2.50. The first-order valence-electron chi connectivity index (χ1n) is 4.19. The third-order valence-electron chi connectivity index (χ3n) is 2.38. The zero-order valence-corrected chi connectivity index (χ0v) is 7.93. The fraction of sp³-hybridized carbons (Fsp3) is 0.300. The van der Waals surface area contributed by atoms with Gasteiger partial charge in [0, 0.05) is 18.0 Å². The maximum Gasteiger partial charge on any atom is 0.128 e. The van der Waals surface area contributed by atoms with Gasteiger partial charge in [-0.05, 0) is 26.0 Å². The predicted molar refractivity (Wildman–Crippen MR) is 50.1 cm³/mol. The van der Waals surface area contributed by atoms with Crippen LogP contribution < -0.4 is 0 Å². The molecule has 1 heterocycles. The molecular weight excluding hydrogens is 167 g/mol. The second-order valence-electron chi connectivity index (χ2n) is 3.28. The van der Waals surface area contributed by atoms with Crippen molar-refractivity contribution < 1.29 is 4.39 Å². The van der Waals surface area contributed by atoms with Crippen molar-refractivity contribution in [1.29, 1.82) is 0 Å². The van der Waals surface area contributed by atoms with Crippen LogP contribution in [0.25, 0.3) is 10.9 Å². The lowest BCUT2D eigenvalue weighted by Gasteiger charge is -1.99. The molecule has 0 bridgehead atoms. The van der Waals surface area contributed by atoms with Crippen molar-refractivity contribution in [2.75, 3.05) is 0 Å². The molecule has 2 rings (SSSR count). The zero-order chi connectivity index (χ0) is 9.59. The van der Waals surface area contributed by atoms with Crippen LogP contribution in [0.1, 0.15) is 11.3 Å². The van der Waals surface area contributed by atoms with Crippen molar-refractivity contribution in [3.05, 3.63) is 29.2 Å². The highest BCUT2D eigenvalue weighted by Gasteiger charge is 2.09. The SMILES string of the molecule is Cc1nn(C)c2c(C)c(F)ccc12. The van der Waals surface area contributed by atoms with E-state index in [4.69, 9.17) is 0 Å². The summed E-state index contributed by atoms with van der Waals surface area (Å²) in [7, 11) is 1.84. The van der Waals surface area contributed by atoms with Crippen molar-refractivity contribution in [2.45, 2.75) is 13.8 Å². The van der Waals surface area contributed by atoms with Crippen molar-refractivity contribution >= 4 is 10.9 Å². The second-order valence-corrected chi connectivity index (χ2v) is 3.28. The first kappa shape index (κ1) is 8.23. The summed E-state index contributed by atoms with van der Waals surface area (Å²) >= 11 is 0. The molecular formula is C10H11FN2. The minimum absolute atomic E-state index is 0.171. The molecule has 1 aromatic heterocycles. The quantitative estimate of drug-likeness (QED) is 0.605. The number of hydrogen-bond donors (Lipinski definition) is 0. The highest BCUT2D eigenvalue weighted by Crippen LogP contribution is 2.22. The average molecular weight is 178 g/mol. The van der Waals surface area contributed by atoms with Crippen LogP contribution in [-0.4, -0.2) is 9.78 Å². The monoisotopic (exact) mass is 178 g/mol. The van der Waals surface area contributed by atoms with E-state index in [2.05, 4.69) is 5.10 Å². The lowest BCUT2D eigenvalue weighted by Crippen LogP contribution is -1.93. The van der Waals surface area contributed by atoms with E-state index in [9.17, 15) is 4.39 Å². The van der Waals surface area contributed by atoms with E-state index < -0.39 is 0 Å². The van der Waals surface area contributed by atoms with Crippen LogP contribution in [-0.2, 0) is 7.05 Å². The molecule has 0 spiro atoms. The zero-order valence-electron chi connectivity index (χ0n) is 7.93. The van der Waals surface area contributed by atoms with Crippen LogP contribution in [0.3, 0.4) is 0 Å². The summed E-state index contributed by atoms with van der Waals surface area (Å²) < 4.78 is 14.9. The Hall–Kier alpha value is -1.38. The largest absolute Gasteiger partial charge is 0.267 e. The molecule has 0 aliphatic carbocycles. The van der Waals surface area contributed by atoms with Crippen molar-refractivity contribution in [1.82, 2.24) is 9.78 Å². The number of halogens is 1. The van der Waals surface area contributed by atoms with Gasteiger partial charge < -0.3 is 0 Å². The molecule has 0 unspecified atom stereocenters. The van der Waals surface area contributed by atoms with Gasteiger partial charge in [-0.1, -0.05) is 0 Å². The highest BCUT2D eigenvalue weighted by atomic mass is 19.1. The highest BCUT2D eigenvalue weighted by molar-refractivity contribution is 5.84. The van der Waals surface area contributed by atoms with E-state index in [0.717, 1.165) is 16.6 Å². The lowest BCUT2D eigenvalue weighted by atomic mass is 10.1. The summed E-state index contributed by atoms with van der Waals surface area (Å²) in [4.78, 5) is 0. The van der Waals surface area contributed by atoms with E-state index in [1.807, 2.05) is 14.0 Å². The number of aryl methyl sites for hydroxylation is 3. The van der Waals surface area contributed by atoms with E-state index in [-0.39, 0.29) is 5.82 Å². The molecule has 0 N–H and O–H groups in total. The number of nitrogens with zero attached hydrogens (tertiary/aromatic N) is 2. The minimum Gasteiger partial charge on any atom is -0.267 e. The maximum absolute atomic E-state index is 13.2. The number of fused-ring (bicyclic) bond motifs is 1. The Morgan fingerprint density at radius 2 is 2.00 bits per heavy atom. The van der Waals surface area contributed by atoms with Crippen LogP contribution in [0, 0.1) is 19.7 Å². The Labute approximate surface area is 76.0 Å². The molecule has 0 radical (unpaired) electrons. The summed E-state index contributed by atoms with van der Waals surface area (Å²) in [6.45, 7) is 3.71. The maximum atomic E-state index is 13.2. The Kier molecular flexibility index (Phi) is 1.62. The molecule has 0 amide bonds. The van der Waals surface area contributed by atoms with Crippen LogP contribution in [0.4, 0.5) is 4.39 Å². The van der Waals surface area contributed by atoms with Crippen LogP contribution in [0.5, 0.6) is 0 Å². The molecule has 0 aliphatic rings. The summed E-state index contributed by atoms with van der Waals surface area (Å²) in [5, 5.41) is 5.27. The number of benzene rings is 1. The van der Waals surface area contributed by atoms with E-state index in [1.165, 1.54) is 6.07 Å². The fourth-order valence-corrected chi connectivity index (χ4v) is 1.71. The Morgan fingerprint density at radius 1 is 1.31 bits per heavy atom. The van der Waals surface area contributed by atoms with Gasteiger partial charge in [-0.3, -0.25) is 4.68 Å². The van der Waals surface area contributed by atoms with E-state index in [0.29, 0.717) is 5.56 Å². The predicted octanol–water partition coefficient (Wildman–Crippen LogP) is 2.33. The molecule has 2 nitrogen and oxygen atoms in total.